The van der Waals surface area contributed by atoms with E-state index in [2.05, 4.69) is 49.2 Å². The topological polar surface area (TPSA) is 24.5 Å². The number of hydrogen-bond donors (Lipinski definition) is 1. The summed E-state index contributed by atoms with van der Waals surface area (Å²) >= 11 is 0. The van der Waals surface area contributed by atoms with Gasteiger partial charge in [-0.15, -0.1) is 0 Å². The molecule has 3 heteroatoms. The molecule has 2 fully saturated rings. The van der Waals surface area contributed by atoms with Crippen molar-refractivity contribution >= 4 is 5.69 Å². The van der Waals surface area contributed by atoms with E-state index in [1.165, 1.54) is 36.1 Å². The van der Waals surface area contributed by atoms with Crippen LogP contribution >= 0.6 is 0 Å². The molecule has 0 aromatic heterocycles. The van der Waals surface area contributed by atoms with Crippen LogP contribution in [0.1, 0.15) is 44.2 Å². The summed E-state index contributed by atoms with van der Waals surface area (Å²) in [6.45, 7) is 9.43. The van der Waals surface area contributed by atoms with Crippen LogP contribution in [0.4, 0.5) is 5.69 Å². The molecule has 1 aliphatic carbocycles. The first kappa shape index (κ1) is 14.9. The maximum Gasteiger partial charge on any atom is 0.0779 e. The highest BCUT2D eigenvalue weighted by Gasteiger charge is 2.36. The van der Waals surface area contributed by atoms with Gasteiger partial charge in [0, 0.05) is 24.8 Å². The van der Waals surface area contributed by atoms with Gasteiger partial charge in [0.2, 0.25) is 0 Å². The van der Waals surface area contributed by atoms with Crippen LogP contribution in [0.25, 0.3) is 0 Å². The molecule has 0 bridgehead atoms. The van der Waals surface area contributed by atoms with Crippen LogP contribution < -0.4 is 10.2 Å². The minimum absolute atomic E-state index is 0.450. The van der Waals surface area contributed by atoms with Gasteiger partial charge in [-0.1, -0.05) is 31.5 Å². The van der Waals surface area contributed by atoms with Crippen LogP contribution in [-0.2, 0) is 11.3 Å². The molecule has 1 heterocycles. The summed E-state index contributed by atoms with van der Waals surface area (Å²) in [7, 11) is 0. The molecule has 1 saturated heterocycles. The van der Waals surface area contributed by atoms with E-state index in [4.69, 9.17) is 4.74 Å². The summed E-state index contributed by atoms with van der Waals surface area (Å²) in [6.07, 6.45) is 4.25. The number of rotatable bonds is 4. The average Bonchev–Trinajstić information content (AvgIpc) is 2.93. The Morgan fingerprint density at radius 1 is 1.33 bits per heavy atom. The molecule has 1 saturated carbocycles. The molecule has 0 amide bonds. The van der Waals surface area contributed by atoms with Crippen molar-refractivity contribution in [1.82, 2.24) is 5.32 Å². The van der Waals surface area contributed by atoms with E-state index >= 15 is 0 Å². The van der Waals surface area contributed by atoms with E-state index in [1.807, 2.05) is 0 Å². The van der Waals surface area contributed by atoms with E-state index in [9.17, 15) is 0 Å². The van der Waals surface area contributed by atoms with Crippen molar-refractivity contribution in [1.29, 1.82) is 0 Å². The van der Waals surface area contributed by atoms with Gasteiger partial charge >= 0.3 is 0 Å². The molecule has 2 atom stereocenters. The highest BCUT2D eigenvalue weighted by Crippen LogP contribution is 2.35. The fraction of sp³-hybridized carbons (Fsp3) is 0.667. The van der Waals surface area contributed by atoms with Crippen molar-refractivity contribution in [2.45, 2.75) is 64.8 Å². The summed E-state index contributed by atoms with van der Waals surface area (Å²) in [5, 5.41) is 3.57. The summed E-state index contributed by atoms with van der Waals surface area (Å²) in [4.78, 5) is 2.61. The maximum absolute atomic E-state index is 5.96. The van der Waals surface area contributed by atoms with Crippen molar-refractivity contribution in [3.8, 4) is 0 Å². The van der Waals surface area contributed by atoms with Gasteiger partial charge < -0.3 is 15.0 Å². The predicted octanol–water partition coefficient (Wildman–Crippen LogP) is 3.25. The lowest BCUT2D eigenvalue weighted by Gasteiger charge is -2.40. The normalized spacial score (nSPS) is 25.4. The zero-order chi connectivity index (χ0) is 14.8. The van der Waals surface area contributed by atoms with E-state index in [0.29, 0.717) is 18.2 Å². The molecular weight excluding hydrogens is 260 g/mol. The van der Waals surface area contributed by atoms with Gasteiger partial charge in [0.05, 0.1) is 18.8 Å². The SMILES string of the molecule is Cc1ccc(N2CCOC3CCCC32)c(CNC(C)C)c1. The van der Waals surface area contributed by atoms with Crippen molar-refractivity contribution in [2.24, 2.45) is 0 Å². The van der Waals surface area contributed by atoms with E-state index < -0.39 is 0 Å². The second-order valence-corrected chi connectivity index (χ2v) is 6.77. The van der Waals surface area contributed by atoms with Gasteiger partial charge in [0.1, 0.15) is 0 Å². The fourth-order valence-corrected chi connectivity index (χ4v) is 3.67. The first-order valence-corrected chi connectivity index (χ1v) is 8.36. The lowest BCUT2D eigenvalue weighted by Crippen LogP contribution is -2.49. The van der Waals surface area contributed by atoms with Gasteiger partial charge in [-0.05, 0) is 37.8 Å². The van der Waals surface area contributed by atoms with E-state index in [1.54, 1.807) is 0 Å². The third-order valence-electron chi connectivity index (χ3n) is 4.73. The largest absolute Gasteiger partial charge is 0.374 e. The highest BCUT2D eigenvalue weighted by molar-refractivity contribution is 5.56. The van der Waals surface area contributed by atoms with Crippen LogP contribution in [0.5, 0.6) is 0 Å². The summed E-state index contributed by atoms with van der Waals surface area (Å²) in [6, 6.07) is 7.99. The molecule has 1 aromatic rings. The number of morpholine rings is 1. The maximum atomic E-state index is 5.96. The molecule has 3 rings (SSSR count). The van der Waals surface area contributed by atoms with E-state index in [0.717, 1.165) is 19.7 Å². The molecule has 21 heavy (non-hydrogen) atoms. The third-order valence-corrected chi connectivity index (χ3v) is 4.73. The Hall–Kier alpha value is -1.06. The Bertz CT molecular complexity index is 486. The van der Waals surface area contributed by atoms with Crippen LogP contribution in [0.2, 0.25) is 0 Å². The van der Waals surface area contributed by atoms with Crippen molar-refractivity contribution in [3.63, 3.8) is 0 Å². The van der Waals surface area contributed by atoms with Crippen molar-refractivity contribution < 1.29 is 4.74 Å². The van der Waals surface area contributed by atoms with Crippen LogP contribution in [-0.4, -0.2) is 31.3 Å². The minimum Gasteiger partial charge on any atom is -0.374 e. The van der Waals surface area contributed by atoms with Gasteiger partial charge in [-0.2, -0.15) is 0 Å². The second-order valence-electron chi connectivity index (χ2n) is 6.77. The van der Waals surface area contributed by atoms with Gasteiger partial charge in [0.15, 0.2) is 0 Å². The molecule has 1 aliphatic heterocycles. The number of aryl methyl sites for hydroxylation is 1. The lowest BCUT2D eigenvalue weighted by molar-refractivity contribution is 0.0255. The standard InChI is InChI=1S/C18H28N2O/c1-13(2)19-12-15-11-14(3)7-8-16(15)20-9-10-21-18-6-4-5-17(18)20/h7-8,11,13,17-19H,4-6,9-10,12H2,1-3H3. The third kappa shape index (κ3) is 3.24. The van der Waals surface area contributed by atoms with E-state index in [-0.39, 0.29) is 0 Å². The number of fused-ring (bicyclic) bond motifs is 1. The molecule has 3 nitrogen and oxygen atoms in total. The van der Waals surface area contributed by atoms with Gasteiger partial charge in [-0.3, -0.25) is 0 Å². The van der Waals surface area contributed by atoms with Gasteiger partial charge in [-0.25, -0.2) is 0 Å². The average molecular weight is 288 g/mol. The van der Waals surface area contributed by atoms with Crippen LogP contribution in [0, 0.1) is 6.92 Å². The molecule has 2 aliphatic rings. The molecule has 1 aromatic carbocycles. The predicted molar refractivity (Wildman–Crippen MR) is 87.9 cm³/mol. The molecule has 2 unspecified atom stereocenters. The number of nitrogens with zero attached hydrogens (tertiary/aromatic N) is 1. The van der Waals surface area contributed by atoms with Crippen LogP contribution in [0.15, 0.2) is 18.2 Å². The lowest BCUT2D eigenvalue weighted by atomic mass is 10.0. The smallest absolute Gasteiger partial charge is 0.0779 e. The number of ether oxygens (including phenoxy) is 1. The number of benzene rings is 1. The summed E-state index contributed by atoms with van der Waals surface area (Å²) in [5.41, 5.74) is 4.18. The quantitative estimate of drug-likeness (QED) is 0.920. The first-order valence-electron chi connectivity index (χ1n) is 8.36. The number of hydrogen-bond acceptors (Lipinski definition) is 3. The number of anilines is 1. The molecule has 0 spiro atoms. The fourth-order valence-electron chi connectivity index (χ4n) is 3.67. The van der Waals surface area contributed by atoms with Gasteiger partial charge in [0.25, 0.3) is 0 Å². The molecule has 116 valence electrons. The van der Waals surface area contributed by atoms with Crippen molar-refractivity contribution in [2.75, 3.05) is 18.1 Å². The highest BCUT2D eigenvalue weighted by atomic mass is 16.5. The van der Waals surface area contributed by atoms with Crippen molar-refractivity contribution in [3.05, 3.63) is 29.3 Å². The summed E-state index contributed by atoms with van der Waals surface area (Å²) < 4.78 is 5.96. The number of nitrogens with one attached hydrogen (secondary N) is 1. The zero-order valence-corrected chi connectivity index (χ0v) is 13.6. The Labute approximate surface area is 128 Å². The minimum atomic E-state index is 0.450. The monoisotopic (exact) mass is 288 g/mol. The Balaban J connectivity index is 1.86. The summed E-state index contributed by atoms with van der Waals surface area (Å²) in [5.74, 6) is 0. The molecule has 0 radical (unpaired) electrons. The Kier molecular flexibility index (Phi) is 4.51. The molecule has 1 N–H and O–H groups in total. The van der Waals surface area contributed by atoms with Crippen LogP contribution in [0.3, 0.4) is 0 Å². The zero-order valence-electron chi connectivity index (χ0n) is 13.6. The first-order chi connectivity index (χ1) is 10.1. The Morgan fingerprint density at radius 3 is 3.00 bits per heavy atom. The Morgan fingerprint density at radius 2 is 2.19 bits per heavy atom. The second kappa shape index (κ2) is 6.37. The molecular formula is C18H28N2O.